The molecule has 2 unspecified atom stereocenters. The second-order valence-corrected chi connectivity index (χ2v) is 5.87. The molecule has 1 amide bonds. The Bertz CT molecular complexity index is 524. The number of amides is 1. The summed E-state index contributed by atoms with van der Waals surface area (Å²) in [6, 6.07) is -0.122. The Morgan fingerprint density at radius 1 is 1.57 bits per heavy atom. The molecule has 0 aromatic carbocycles. The van der Waals surface area contributed by atoms with Gasteiger partial charge in [0.1, 0.15) is 0 Å². The van der Waals surface area contributed by atoms with Gasteiger partial charge in [-0.3, -0.25) is 9.48 Å². The first-order valence-corrected chi connectivity index (χ1v) is 6.81. The summed E-state index contributed by atoms with van der Waals surface area (Å²) in [5.74, 6) is -0.510. The van der Waals surface area contributed by atoms with Gasteiger partial charge in [-0.2, -0.15) is 18.3 Å². The van der Waals surface area contributed by atoms with E-state index in [9.17, 15) is 18.0 Å². The maximum Gasteiger partial charge on any atom is 0.419 e. The number of nitrogens with one attached hydrogen (secondary N) is 1. The molecule has 8 heteroatoms. The summed E-state index contributed by atoms with van der Waals surface area (Å²) >= 11 is 0. The minimum absolute atomic E-state index is 0.262. The molecule has 1 aliphatic rings. The maximum absolute atomic E-state index is 12.6. The van der Waals surface area contributed by atoms with Crippen molar-refractivity contribution in [1.82, 2.24) is 15.1 Å². The Hall–Kier alpha value is -1.57. The first kappa shape index (κ1) is 15.8. The number of aromatic nitrogens is 2. The lowest BCUT2D eigenvalue weighted by Gasteiger charge is -2.30. The average Bonchev–Trinajstić information content (AvgIpc) is 2.99. The van der Waals surface area contributed by atoms with Crippen LogP contribution in [0.15, 0.2) is 12.4 Å². The molecule has 118 valence electrons. The largest absolute Gasteiger partial charge is 0.419 e. The van der Waals surface area contributed by atoms with Crippen LogP contribution in [0.1, 0.15) is 44.7 Å². The van der Waals surface area contributed by atoms with E-state index >= 15 is 0 Å². The Labute approximate surface area is 120 Å². The molecule has 0 radical (unpaired) electrons. The molecule has 1 heterocycles. The molecule has 1 aliphatic carbocycles. The van der Waals surface area contributed by atoms with E-state index in [0.717, 1.165) is 25.2 Å². The fraction of sp³-hybridized carbons (Fsp3) is 0.692. The van der Waals surface area contributed by atoms with E-state index < -0.39 is 23.2 Å². The number of halogens is 3. The van der Waals surface area contributed by atoms with Crippen LogP contribution in [0.3, 0.4) is 0 Å². The van der Waals surface area contributed by atoms with Crippen LogP contribution >= 0.6 is 0 Å². The lowest BCUT2D eigenvalue weighted by Crippen LogP contribution is -2.55. The predicted octanol–water partition coefficient (Wildman–Crippen LogP) is 1.85. The van der Waals surface area contributed by atoms with Crippen molar-refractivity contribution in [1.29, 1.82) is 0 Å². The molecular weight excluding hydrogens is 285 g/mol. The molecule has 2 rings (SSSR count). The van der Waals surface area contributed by atoms with Gasteiger partial charge in [0.2, 0.25) is 5.91 Å². The van der Waals surface area contributed by atoms with Gasteiger partial charge < -0.3 is 11.1 Å². The van der Waals surface area contributed by atoms with Crippen molar-refractivity contribution < 1.29 is 18.0 Å². The molecule has 3 N–H and O–H groups in total. The SMILES string of the molecule is CC(CC(C)(NC1CC1)C(N)=O)n1cc(C(F)(F)F)cn1. The molecule has 1 saturated carbocycles. The van der Waals surface area contributed by atoms with Crippen LogP contribution in [-0.2, 0) is 11.0 Å². The quantitative estimate of drug-likeness (QED) is 0.842. The van der Waals surface area contributed by atoms with Crippen molar-refractivity contribution in [3.8, 4) is 0 Å². The monoisotopic (exact) mass is 304 g/mol. The third-order valence-corrected chi connectivity index (χ3v) is 3.73. The first-order valence-electron chi connectivity index (χ1n) is 6.81. The van der Waals surface area contributed by atoms with Gasteiger partial charge in [-0.05, 0) is 33.1 Å². The number of carbonyl (C=O) groups excluding carboxylic acids is 1. The van der Waals surface area contributed by atoms with E-state index in [1.54, 1.807) is 13.8 Å². The molecule has 0 saturated heterocycles. The summed E-state index contributed by atoms with van der Waals surface area (Å²) in [5.41, 5.74) is 3.68. The number of hydrogen-bond acceptors (Lipinski definition) is 3. The van der Waals surface area contributed by atoms with Gasteiger partial charge in [0, 0.05) is 12.2 Å². The molecular formula is C13H19F3N4O. The first-order chi connectivity index (χ1) is 9.62. The molecule has 1 aromatic heterocycles. The van der Waals surface area contributed by atoms with Crippen LogP contribution in [0.25, 0.3) is 0 Å². The molecule has 0 spiro atoms. The minimum atomic E-state index is -4.42. The van der Waals surface area contributed by atoms with E-state index in [4.69, 9.17) is 5.73 Å². The number of carbonyl (C=O) groups is 1. The molecule has 21 heavy (non-hydrogen) atoms. The summed E-state index contributed by atoms with van der Waals surface area (Å²) in [4.78, 5) is 11.7. The van der Waals surface area contributed by atoms with Crippen LogP contribution in [-0.4, -0.2) is 27.3 Å². The van der Waals surface area contributed by atoms with Crippen molar-refractivity contribution in [2.45, 2.75) is 56.9 Å². The lowest BCUT2D eigenvalue weighted by atomic mass is 9.92. The molecule has 0 aliphatic heterocycles. The summed E-state index contributed by atoms with van der Waals surface area (Å²) in [5, 5.41) is 6.90. The van der Waals surface area contributed by atoms with Crippen LogP contribution in [0.2, 0.25) is 0 Å². The van der Waals surface area contributed by atoms with Crippen LogP contribution in [0, 0.1) is 0 Å². The topological polar surface area (TPSA) is 72.9 Å². The third kappa shape index (κ3) is 3.75. The van der Waals surface area contributed by atoms with Crippen molar-refractivity contribution >= 4 is 5.91 Å². The second-order valence-electron chi connectivity index (χ2n) is 5.87. The number of primary amides is 1. The maximum atomic E-state index is 12.6. The van der Waals surface area contributed by atoms with Gasteiger partial charge in [0.15, 0.2) is 0 Å². The standard InChI is InChI=1S/C13H19F3N4O/c1-8(20-7-9(6-18-20)13(14,15)16)5-12(2,11(17)21)19-10-3-4-10/h6-8,10,19H,3-5H2,1-2H3,(H2,17,21). The van der Waals surface area contributed by atoms with Crippen molar-refractivity contribution in [2.24, 2.45) is 5.73 Å². The summed E-state index contributed by atoms with van der Waals surface area (Å²) in [7, 11) is 0. The van der Waals surface area contributed by atoms with Crippen molar-refractivity contribution in [3.05, 3.63) is 18.0 Å². The number of alkyl halides is 3. The number of nitrogens with zero attached hydrogens (tertiary/aromatic N) is 2. The number of nitrogens with two attached hydrogens (primary N) is 1. The number of hydrogen-bond donors (Lipinski definition) is 2. The van der Waals surface area contributed by atoms with Gasteiger partial charge in [-0.25, -0.2) is 0 Å². The number of rotatable bonds is 6. The summed E-state index contributed by atoms with van der Waals surface area (Å²) in [6.07, 6.45) is -0.445. The van der Waals surface area contributed by atoms with Crippen LogP contribution in [0.4, 0.5) is 13.2 Å². The fourth-order valence-corrected chi connectivity index (χ4v) is 2.32. The predicted molar refractivity (Wildman–Crippen MR) is 70.3 cm³/mol. The van der Waals surface area contributed by atoms with Gasteiger partial charge in [-0.1, -0.05) is 0 Å². The van der Waals surface area contributed by atoms with Gasteiger partial charge in [0.25, 0.3) is 0 Å². The third-order valence-electron chi connectivity index (χ3n) is 3.73. The van der Waals surface area contributed by atoms with Crippen LogP contribution in [0.5, 0.6) is 0 Å². The highest BCUT2D eigenvalue weighted by Crippen LogP contribution is 2.31. The van der Waals surface area contributed by atoms with E-state index in [0.29, 0.717) is 0 Å². The van der Waals surface area contributed by atoms with Gasteiger partial charge in [-0.15, -0.1) is 0 Å². The Balaban J connectivity index is 2.09. The average molecular weight is 304 g/mol. The molecule has 0 bridgehead atoms. The summed E-state index contributed by atoms with van der Waals surface area (Å²) in [6.45, 7) is 3.39. The Morgan fingerprint density at radius 2 is 2.19 bits per heavy atom. The van der Waals surface area contributed by atoms with Crippen molar-refractivity contribution in [2.75, 3.05) is 0 Å². The smallest absolute Gasteiger partial charge is 0.368 e. The lowest BCUT2D eigenvalue weighted by molar-refractivity contribution is -0.137. The van der Waals surface area contributed by atoms with E-state index in [-0.39, 0.29) is 18.5 Å². The molecule has 2 atom stereocenters. The Kier molecular flexibility index (Phi) is 4.01. The second kappa shape index (κ2) is 5.32. The summed E-state index contributed by atoms with van der Waals surface area (Å²) < 4.78 is 38.9. The Morgan fingerprint density at radius 3 is 2.62 bits per heavy atom. The highest BCUT2D eigenvalue weighted by atomic mass is 19.4. The van der Waals surface area contributed by atoms with Crippen molar-refractivity contribution in [3.63, 3.8) is 0 Å². The van der Waals surface area contributed by atoms with E-state index in [1.165, 1.54) is 4.68 Å². The fourth-order valence-electron chi connectivity index (χ4n) is 2.32. The normalized spacial score (nSPS) is 20.0. The van der Waals surface area contributed by atoms with Gasteiger partial charge in [0.05, 0.1) is 23.3 Å². The minimum Gasteiger partial charge on any atom is -0.368 e. The highest BCUT2D eigenvalue weighted by molar-refractivity contribution is 5.84. The van der Waals surface area contributed by atoms with E-state index in [2.05, 4.69) is 10.4 Å². The van der Waals surface area contributed by atoms with Gasteiger partial charge >= 0.3 is 6.18 Å². The molecule has 5 nitrogen and oxygen atoms in total. The zero-order valence-electron chi connectivity index (χ0n) is 11.9. The molecule has 1 fully saturated rings. The van der Waals surface area contributed by atoms with E-state index in [1.807, 2.05) is 0 Å². The van der Waals surface area contributed by atoms with Crippen LogP contribution < -0.4 is 11.1 Å². The highest BCUT2D eigenvalue weighted by Gasteiger charge is 2.39. The zero-order valence-corrected chi connectivity index (χ0v) is 11.9. The molecule has 1 aromatic rings. The zero-order chi connectivity index (χ0) is 15.8.